The number of alkyl halides is 1. The van der Waals surface area contributed by atoms with Gasteiger partial charge >= 0.3 is 5.97 Å². The standard InChI is InChI=1S/C23H27FN6O3/c1-13-5-15-8-26-30(20(15)6-18(13)17-3-4-25-9-19(17)24)22-7-21(27-14(2)28-22)29-10-16(11-29)33-12-23(31)32/h5-8,16-17,19,25H,3-4,9-12H2,1-2H3,(H,31,32)/t17-,19-/m1/s1. The largest absolute Gasteiger partial charge is 0.480 e. The minimum atomic E-state index is -0.975. The molecular weight excluding hydrogens is 427 g/mol. The molecule has 1 aromatic carbocycles. The molecule has 3 aromatic rings. The summed E-state index contributed by atoms with van der Waals surface area (Å²) in [6.45, 7) is 5.88. The van der Waals surface area contributed by atoms with Crippen LogP contribution in [0.25, 0.3) is 16.7 Å². The molecule has 2 aromatic heterocycles. The fraction of sp³-hybridized carbons (Fsp3) is 0.478. The van der Waals surface area contributed by atoms with Gasteiger partial charge in [0.25, 0.3) is 0 Å². The van der Waals surface area contributed by atoms with Crippen LogP contribution in [-0.4, -0.2) is 75.9 Å². The number of nitrogens with zero attached hydrogens (tertiary/aromatic N) is 5. The van der Waals surface area contributed by atoms with Crippen LogP contribution in [0.4, 0.5) is 10.2 Å². The number of ether oxygens (including phenoxy) is 1. The minimum Gasteiger partial charge on any atom is -0.480 e. The Morgan fingerprint density at radius 1 is 1.24 bits per heavy atom. The Balaban J connectivity index is 1.44. The van der Waals surface area contributed by atoms with Crippen molar-refractivity contribution in [2.24, 2.45) is 0 Å². The number of hydrogen-bond donors (Lipinski definition) is 2. The highest BCUT2D eigenvalue weighted by Gasteiger charge is 2.30. The van der Waals surface area contributed by atoms with Gasteiger partial charge in [0.05, 0.1) is 17.8 Å². The number of halogens is 1. The third kappa shape index (κ3) is 4.28. The van der Waals surface area contributed by atoms with E-state index in [4.69, 9.17) is 9.84 Å². The summed E-state index contributed by atoms with van der Waals surface area (Å²) in [5.74, 6) is 0.878. The Hall–Kier alpha value is -3.11. The fourth-order valence-corrected chi connectivity index (χ4v) is 4.68. The molecule has 0 spiro atoms. The first-order valence-corrected chi connectivity index (χ1v) is 11.2. The predicted octanol–water partition coefficient (Wildman–Crippen LogP) is 2.14. The van der Waals surface area contributed by atoms with Gasteiger partial charge in [-0.3, -0.25) is 0 Å². The Morgan fingerprint density at radius 3 is 2.79 bits per heavy atom. The summed E-state index contributed by atoms with van der Waals surface area (Å²) < 4.78 is 21.8. The predicted molar refractivity (Wildman–Crippen MR) is 121 cm³/mol. The molecule has 0 aliphatic carbocycles. The van der Waals surface area contributed by atoms with Crippen molar-refractivity contribution in [1.29, 1.82) is 0 Å². The lowest BCUT2D eigenvalue weighted by Gasteiger charge is -2.39. The molecule has 2 aliphatic heterocycles. The minimum absolute atomic E-state index is 0.130. The monoisotopic (exact) mass is 454 g/mol. The summed E-state index contributed by atoms with van der Waals surface area (Å²) in [7, 11) is 0. The van der Waals surface area contributed by atoms with Crippen LogP contribution in [0, 0.1) is 13.8 Å². The highest BCUT2D eigenvalue weighted by molar-refractivity contribution is 5.82. The maximum atomic E-state index is 14.7. The fourth-order valence-electron chi connectivity index (χ4n) is 4.68. The van der Waals surface area contributed by atoms with Crippen LogP contribution in [-0.2, 0) is 9.53 Å². The van der Waals surface area contributed by atoms with Crippen molar-refractivity contribution in [3.63, 3.8) is 0 Å². The topological polar surface area (TPSA) is 105 Å². The summed E-state index contributed by atoms with van der Waals surface area (Å²) in [5.41, 5.74) is 2.98. The van der Waals surface area contributed by atoms with Gasteiger partial charge in [0.15, 0.2) is 5.82 Å². The van der Waals surface area contributed by atoms with E-state index in [9.17, 15) is 9.18 Å². The van der Waals surface area contributed by atoms with Gasteiger partial charge in [0.2, 0.25) is 0 Å². The Bertz CT molecular complexity index is 1190. The van der Waals surface area contributed by atoms with Crippen LogP contribution >= 0.6 is 0 Å². The molecule has 2 N–H and O–H groups in total. The van der Waals surface area contributed by atoms with Crippen molar-refractivity contribution >= 4 is 22.7 Å². The number of carboxylic acids is 1. The van der Waals surface area contributed by atoms with Gasteiger partial charge in [-0.1, -0.05) is 0 Å². The summed E-state index contributed by atoms with van der Waals surface area (Å²) in [6.07, 6.45) is 1.52. The van der Waals surface area contributed by atoms with E-state index in [1.54, 1.807) is 10.9 Å². The zero-order valence-electron chi connectivity index (χ0n) is 18.7. The smallest absolute Gasteiger partial charge is 0.329 e. The van der Waals surface area contributed by atoms with E-state index >= 15 is 0 Å². The molecule has 2 atom stereocenters. The maximum absolute atomic E-state index is 14.7. The Kier molecular flexibility index (Phi) is 5.71. The SMILES string of the molecule is Cc1nc(N2CC(OCC(=O)O)C2)cc(-n2ncc3cc(C)c([C@H]4CCNC[C@H]4F)cc32)n1. The molecule has 0 radical (unpaired) electrons. The number of fused-ring (bicyclic) bond motifs is 1. The molecule has 10 heteroatoms. The summed E-state index contributed by atoms with van der Waals surface area (Å²) in [5, 5.41) is 17.4. The lowest BCUT2D eigenvalue weighted by atomic mass is 9.85. The van der Waals surface area contributed by atoms with E-state index in [-0.39, 0.29) is 18.6 Å². The molecule has 4 heterocycles. The quantitative estimate of drug-likeness (QED) is 0.584. The van der Waals surface area contributed by atoms with Crippen molar-refractivity contribution in [3.8, 4) is 5.82 Å². The normalized spacial score (nSPS) is 21.4. The number of carbonyl (C=O) groups is 1. The second-order valence-corrected chi connectivity index (χ2v) is 8.80. The van der Waals surface area contributed by atoms with E-state index in [2.05, 4.69) is 32.5 Å². The lowest BCUT2D eigenvalue weighted by molar-refractivity contribution is -0.144. The van der Waals surface area contributed by atoms with Gasteiger partial charge in [0, 0.05) is 37.0 Å². The number of rotatable bonds is 6. The van der Waals surface area contributed by atoms with E-state index in [0.717, 1.165) is 40.8 Å². The molecule has 174 valence electrons. The van der Waals surface area contributed by atoms with Crippen LogP contribution in [0.15, 0.2) is 24.4 Å². The number of anilines is 1. The third-order valence-electron chi connectivity index (χ3n) is 6.41. The number of aliphatic carboxylic acids is 1. The van der Waals surface area contributed by atoms with Gasteiger partial charge in [0.1, 0.15) is 24.4 Å². The first kappa shape index (κ1) is 21.7. The summed E-state index contributed by atoms with van der Waals surface area (Å²) >= 11 is 0. The van der Waals surface area contributed by atoms with Crippen molar-refractivity contribution in [2.75, 3.05) is 37.7 Å². The van der Waals surface area contributed by atoms with Crippen molar-refractivity contribution in [3.05, 3.63) is 41.3 Å². The number of piperidine rings is 1. The van der Waals surface area contributed by atoms with E-state index < -0.39 is 12.1 Å². The zero-order valence-corrected chi connectivity index (χ0v) is 18.7. The first-order chi connectivity index (χ1) is 15.9. The molecule has 0 unspecified atom stereocenters. The molecule has 9 nitrogen and oxygen atoms in total. The van der Waals surface area contributed by atoms with Gasteiger partial charge in [-0.05, 0) is 50.1 Å². The summed E-state index contributed by atoms with van der Waals surface area (Å²) in [4.78, 5) is 21.8. The summed E-state index contributed by atoms with van der Waals surface area (Å²) in [6, 6.07) is 5.99. The van der Waals surface area contributed by atoms with Crippen molar-refractivity contribution in [2.45, 2.75) is 38.5 Å². The first-order valence-electron chi connectivity index (χ1n) is 11.2. The number of carboxylic acid groups (broad SMARTS) is 1. The third-order valence-corrected chi connectivity index (χ3v) is 6.41. The van der Waals surface area contributed by atoms with Crippen LogP contribution in [0.3, 0.4) is 0 Å². The molecule has 5 rings (SSSR count). The Labute approximate surface area is 190 Å². The molecule has 0 amide bonds. The lowest BCUT2D eigenvalue weighted by Crippen LogP contribution is -2.53. The van der Waals surface area contributed by atoms with Gasteiger partial charge in [-0.25, -0.2) is 23.8 Å². The van der Waals surface area contributed by atoms with Crippen LogP contribution in [0.5, 0.6) is 0 Å². The molecule has 0 saturated carbocycles. The average Bonchev–Trinajstić information content (AvgIpc) is 3.14. The zero-order chi connectivity index (χ0) is 23.1. The highest BCUT2D eigenvalue weighted by Crippen LogP contribution is 2.33. The number of hydrogen-bond acceptors (Lipinski definition) is 7. The molecule has 2 aliphatic rings. The molecular formula is C23H27FN6O3. The van der Waals surface area contributed by atoms with Gasteiger partial charge in [-0.15, -0.1) is 0 Å². The number of aromatic nitrogens is 4. The van der Waals surface area contributed by atoms with E-state index in [1.807, 2.05) is 24.8 Å². The highest BCUT2D eigenvalue weighted by atomic mass is 19.1. The second-order valence-electron chi connectivity index (χ2n) is 8.80. The molecule has 2 saturated heterocycles. The van der Waals surface area contributed by atoms with Crippen molar-refractivity contribution in [1.82, 2.24) is 25.1 Å². The molecule has 33 heavy (non-hydrogen) atoms. The number of nitrogens with one attached hydrogen (secondary N) is 1. The number of aryl methyl sites for hydroxylation is 2. The second kappa shape index (κ2) is 8.68. The van der Waals surface area contributed by atoms with Crippen molar-refractivity contribution < 1.29 is 19.0 Å². The molecule has 2 fully saturated rings. The Morgan fingerprint density at radius 2 is 2.03 bits per heavy atom. The van der Waals surface area contributed by atoms with Gasteiger partial charge < -0.3 is 20.1 Å². The van der Waals surface area contributed by atoms with E-state index in [0.29, 0.717) is 31.3 Å². The van der Waals surface area contributed by atoms with Crippen LogP contribution in [0.1, 0.15) is 29.3 Å². The number of benzene rings is 1. The maximum Gasteiger partial charge on any atom is 0.329 e. The van der Waals surface area contributed by atoms with Gasteiger partial charge in [-0.2, -0.15) is 5.10 Å². The molecule has 0 bridgehead atoms. The van der Waals surface area contributed by atoms with Crippen LogP contribution < -0.4 is 10.2 Å². The van der Waals surface area contributed by atoms with E-state index in [1.165, 1.54) is 0 Å². The van der Waals surface area contributed by atoms with Crippen LogP contribution in [0.2, 0.25) is 0 Å². The average molecular weight is 455 g/mol.